The van der Waals surface area contributed by atoms with Gasteiger partial charge < -0.3 is 15.6 Å². The van der Waals surface area contributed by atoms with Crippen LogP contribution in [0.1, 0.15) is 30.1 Å². The third-order valence-corrected chi connectivity index (χ3v) is 3.25. The number of aliphatic hydroxyl groups is 1. The zero-order valence-electron chi connectivity index (χ0n) is 9.08. The molecule has 1 aliphatic heterocycles. The van der Waals surface area contributed by atoms with Crippen molar-refractivity contribution in [2.75, 3.05) is 13.2 Å². The first-order valence-corrected chi connectivity index (χ1v) is 6.35. The highest BCUT2D eigenvalue weighted by Gasteiger charge is 2.20. The molecule has 1 unspecified atom stereocenters. The van der Waals surface area contributed by atoms with Crippen LogP contribution in [-0.4, -0.2) is 18.3 Å². The van der Waals surface area contributed by atoms with E-state index in [9.17, 15) is 5.11 Å². The van der Waals surface area contributed by atoms with E-state index in [0.717, 1.165) is 35.2 Å². The molecule has 0 saturated heterocycles. The summed E-state index contributed by atoms with van der Waals surface area (Å²) in [6.07, 6.45) is 2.08. The van der Waals surface area contributed by atoms with Crippen molar-refractivity contribution in [2.24, 2.45) is 5.73 Å². The largest absolute Gasteiger partial charge is 0.493 e. The van der Waals surface area contributed by atoms with E-state index in [1.54, 1.807) is 0 Å². The maximum Gasteiger partial charge on any atom is 0.128 e. The number of rotatable bonds is 3. The van der Waals surface area contributed by atoms with Gasteiger partial charge in [-0.25, -0.2) is 0 Å². The van der Waals surface area contributed by atoms with E-state index in [1.165, 1.54) is 5.56 Å². The molecule has 1 aliphatic rings. The molecule has 0 fully saturated rings. The van der Waals surface area contributed by atoms with Gasteiger partial charge in [-0.05, 0) is 43.5 Å². The van der Waals surface area contributed by atoms with Crippen LogP contribution in [0.3, 0.4) is 0 Å². The van der Waals surface area contributed by atoms with Crippen molar-refractivity contribution in [1.82, 2.24) is 0 Å². The van der Waals surface area contributed by atoms with Crippen molar-refractivity contribution in [3.05, 3.63) is 27.7 Å². The van der Waals surface area contributed by atoms with Gasteiger partial charge in [-0.2, -0.15) is 0 Å². The Morgan fingerprint density at radius 1 is 1.50 bits per heavy atom. The van der Waals surface area contributed by atoms with Crippen LogP contribution in [0, 0.1) is 0 Å². The minimum atomic E-state index is -0.533. The Labute approximate surface area is 104 Å². The van der Waals surface area contributed by atoms with Gasteiger partial charge >= 0.3 is 0 Å². The van der Waals surface area contributed by atoms with Crippen LogP contribution in [0.25, 0.3) is 0 Å². The van der Waals surface area contributed by atoms with Gasteiger partial charge in [-0.1, -0.05) is 15.9 Å². The lowest BCUT2D eigenvalue weighted by Crippen LogP contribution is -2.14. The number of fused-ring (bicyclic) bond motifs is 1. The number of nitrogens with two attached hydrogens (primary N) is 1. The minimum Gasteiger partial charge on any atom is -0.493 e. The molecule has 0 radical (unpaired) electrons. The first kappa shape index (κ1) is 11.9. The summed E-state index contributed by atoms with van der Waals surface area (Å²) in [7, 11) is 0. The summed E-state index contributed by atoms with van der Waals surface area (Å²) in [5.41, 5.74) is 7.50. The summed E-state index contributed by atoms with van der Waals surface area (Å²) in [5, 5.41) is 10.0. The zero-order chi connectivity index (χ0) is 11.5. The Hall–Kier alpha value is -0.580. The number of benzene rings is 1. The monoisotopic (exact) mass is 285 g/mol. The molecule has 0 aromatic heterocycles. The topological polar surface area (TPSA) is 55.5 Å². The van der Waals surface area contributed by atoms with Crippen molar-refractivity contribution in [2.45, 2.75) is 25.4 Å². The van der Waals surface area contributed by atoms with E-state index >= 15 is 0 Å². The lowest BCUT2D eigenvalue weighted by Gasteiger charge is -2.23. The second-order valence-electron chi connectivity index (χ2n) is 4.03. The first-order valence-electron chi connectivity index (χ1n) is 5.55. The van der Waals surface area contributed by atoms with Gasteiger partial charge in [0.1, 0.15) is 5.75 Å². The Balaban J connectivity index is 2.38. The molecular weight excluding hydrogens is 270 g/mol. The number of hydrogen-bond donors (Lipinski definition) is 2. The third-order valence-electron chi connectivity index (χ3n) is 2.80. The van der Waals surface area contributed by atoms with Gasteiger partial charge in [-0.15, -0.1) is 0 Å². The SMILES string of the molecule is NCCC(O)c1cc(Br)cc2c1OCCC2. The highest BCUT2D eigenvalue weighted by atomic mass is 79.9. The highest BCUT2D eigenvalue weighted by Crippen LogP contribution is 2.36. The molecule has 0 bridgehead atoms. The lowest BCUT2D eigenvalue weighted by atomic mass is 9.98. The molecule has 2 rings (SSSR count). The zero-order valence-corrected chi connectivity index (χ0v) is 10.7. The summed E-state index contributed by atoms with van der Waals surface area (Å²) < 4.78 is 6.64. The Bertz CT molecular complexity index is 382. The predicted molar refractivity (Wildman–Crippen MR) is 66.6 cm³/mol. The molecule has 3 nitrogen and oxygen atoms in total. The average molecular weight is 286 g/mol. The van der Waals surface area contributed by atoms with E-state index in [1.807, 2.05) is 6.07 Å². The molecule has 0 spiro atoms. The van der Waals surface area contributed by atoms with Crippen LogP contribution in [0.2, 0.25) is 0 Å². The maximum absolute atomic E-state index is 10.0. The molecule has 0 saturated carbocycles. The molecule has 1 heterocycles. The van der Waals surface area contributed by atoms with E-state index in [4.69, 9.17) is 10.5 Å². The Morgan fingerprint density at radius 3 is 3.06 bits per heavy atom. The van der Waals surface area contributed by atoms with E-state index < -0.39 is 6.10 Å². The number of ether oxygens (including phenoxy) is 1. The Morgan fingerprint density at radius 2 is 2.31 bits per heavy atom. The fraction of sp³-hybridized carbons (Fsp3) is 0.500. The second-order valence-corrected chi connectivity index (χ2v) is 4.94. The fourth-order valence-corrected chi connectivity index (χ4v) is 2.56. The molecule has 0 amide bonds. The van der Waals surface area contributed by atoms with Crippen LogP contribution < -0.4 is 10.5 Å². The highest BCUT2D eigenvalue weighted by molar-refractivity contribution is 9.10. The number of hydrogen-bond acceptors (Lipinski definition) is 3. The summed E-state index contributed by atoms with van der Waals surface area (Å²) >= 11 is 3.46. The van der Waals surface area contributed by atoms with Crippen molar-refractivity contribution >= 4 is 15.9 Å². The third kappa shape index (κ3) is 2.39. The number of halogens is 1. The average Bonchev–Trinajstić information content (AvgIpc) is 2.28. The van der Waals surface area contributed by atoms with Gasteiger partial charge in [0.15, 0.2) is 0 Å². The van der Waals surface area contributed by atoms with Gasteiger partial charge in [0.25, 0.3) is 0 Å². The number of aryl methyl sites for hydroxylation is 1. The Kier molecular flexibility index (Phi) is 3.84. The van der Waals surface area contributed by atoms with E-state index in [2.05, 4.69) is 22.0 Å². The van der Waals surface area contributed by atoms with Gasteiger partial charge in [-0.3, -0.25) is 0 Å². The summed E-state index contributed by atoms with van der Waals surface area (Å²) in [5.74, 6) is 0.857. The van der Waals surface area contributed by atoms with Crippen LogP contribution in [-0.2, 0) is 6.42 Å². The van der Waals surface area contributed by atoms with Gasteiger partial charge in [0.05, 0.1) is 12.7 Å². The molecule has 0 aliphatic carbocycles. The summed E-state index contributed by atoms with van der Waals surface area (Å²) in [4.78, 5) is 0. The van der Waals surface area contributed by atoms with Gasteiger partial charge in [0, 0.05) is 10.0 Å². The number of aliphatic hydroxyl groups excluding tert-OH is 1. The predicted octanol–water partition coefficient (Wildman–Crippen LogP) is 2.16. The van der Waals surface area contributed by atoms with E-state index in [-0.39, 0.29) is 0 Å². The molecule has 16 heavy (non-hydrogen) atoms. The standard InChI is InChI=1S/C12H16BrNO2/c13-9-6-8-2-1-5-16-12(8)10(7-9)11(15)3-4-14/h6-7,11,15H,1-5,14H2. The van der Waals surface area contributed by atoms with Crippen molar-refractivity contribution in [1.29, 1.82) is 0 Å². The smallest absolute Gasteiger partial charge is 0.128 e. The second kappa shape index (κ2) is 5.17. The van der Waals surface area contributed by atoms with Gasteiger partial charge in [0.2, 0.25) is 0 Å². The van der Waals surface area contributed by atoms with E-state index in [0.29, 0.717) is 13.0 Å². The quantitative estimate of drug-likeness (QED) is 0.895. The maximum atomic E-state index is 10.0. The molecule has 4 heteroatoms. The molecular formula is C12H16BrNO2. The molecule has 1 aromatic carbocycles. The molecule has 3 N–H and O–H groups in total. The first-order chi connectivity index (χ1) is 7.72. The fourth-order valence-electron chi connectivity index (χ4n) is 2.03. The lowest BCUT2D eigenvalue weighted by molar-refractivity contribution is 0.162. The summed E-state index contributed by atoms with van der Waals surface area (Å²) in [6.45, 7) is 1.21. The molecule has 88 valence electrons. The van der Waals surface area contributed by atoms with Crippen molar-refractivity contribution in [3.8, 4) is 5.75 Å². The summed E-state index contributed by atoms with van der Waals surface area (Å²) in [6, 6.07) is 3.98. The van der Waals surface area contributed by atoms with Crippen molar-refractivity contribution < 1.29 is 9.84 Å². The molecule has 1 atom stereocenters. The van der Waals surface area contributed by atoms with Crippen LogP contribution >= 0.6 is 15.9 Å². The minimum absolute atomic E-state index is 0.475. The van der Waals surface area contributed by atoms with Crippen LogP contribution in [0.15, 0.2) is 16.6 Å². The van der Waals surface area contributed by atoms with Crippen molar-refractivity contribution in [3.63, 3.8) is 0 Å². The van der Waals surface area contributed by atoms with Crippen LogP contribution in [0.5, 0.6) is 5.75 Å². The molecule has 1 aromatic rings. The normalized spacial score (nSPS) is 16.4. The van der Waals surface area contributed by atoms with Crippen LogP contribution in [0.4, 0.5) is 0 Å².